The maximum Gasteiger partial charge on any atom is 0.0486 e. The average Bonchev–Trinajstić information content (AvgIpc) is 2.53. The van der Waals surface area contributed by atoms with E-state index in [1.807, 2.05) is 19.2 Å². The minimum absolute atomic E-state index is 0.134. The Morgan fingerprint density at radius 2 is 2.08 bits per heavy atom. The predicted octanol–water partition coefficient (Wildman–Crippen LogP) is 1.97. The molecular formula is C11H16N2. The van der Waals surface area contributed by atoms with Gasteiger partial charge in [-0.15, -0.1) is 0 Å². The van der Waals surface area contributed by atoms with Gasteiger partial charge in [-0.1, -0.05) is 19.9 Å². The number of nitrogens with two attached hydrogens (primary N) is 1. The van der Waals surface area contributed by atoms with Crippen LogP contribution in [-0.2, 0) is 5.54 Å². The summed E-state index contributed by atoms with van der Waals surface area (Å²) in [6, 6.07) is 4.06. The van der Waals surface area contributed by atoms with Crippen LogP contribution in [0.4, 0.5) is 0 Å². The normalized spacial score (nSPS) is 30.2. The molecule has 0 spiro atoms. The van der Waals surface area contributed by atoms with Gasteiger partial charge in [0.2, 0.25) is 0 Å². The van der Waals surface area contributed by atoms with E-state index in [0.29, 0.717) is 0 Å². The van der Waals surface area contributed by atoms with Crippen molar-refractivity contribution in [1.82, 2.24) is 4.98 Å². The SMILES string of the molecule is Cc1ncccc1C1(N)CC1(C)C. The molecule has 1 aliphatic rings. The highest BCUT2D eigenvalue weighted by atomic mass is 14.9. The third-order valence-electron chi connectivity index (χ3n) is 3.29. The molecule has 0 radical (unpaired) electrons. The number of aromatic nitrogens is 1. The van der Waals surface area contributed by atoms with E-state index in [9.17, 15) is 0 Å². The van der Waals surface area contributed by atoms with E-state index in [2.05, 4.69) is 24.9 Å². The highest BCUT2D eigenvalue weighted by Crippen LogP contribution is 2.60. The lowest BCUT2D eigenvalue weighted by Crippen LogP contribution is -2.26. The predicted molar refractivity (Wildman–Crippen MR) is 53.2 cm³/mol. The lowest BCUT2D eigenvalue weighted by Gasteiger charge is -2.16. The zero-order chi connectivity index (χ0) is 9.69. The van der Waals surface area contributed by atoms with E-state index in [0.717, 1.165) is 12.1 Å². The quantitative estimate of drug-likeness (QED) is 0.710. The molecule has 2 rings (SSSR count). The van der Waals surface area contributed by atoms with Crippen LogP contribution in [0.25, 0.3) is 0 Å². The molecule has 70 valence electrons. The minimum Gasteiger partial charge on any atom is -0.321 e. The largest absolute Gasteiger partial charge is 0.321 e. The van der Waals surface area contributed by atoms with Gasteiger partial charge in [0, 0.05) is 17.4 Å². The van der Waals surface area contributed by atoms with Crippen LogP contribution < -0.4 is 5.73 Å². The van der Waals surface area contributed by atoms with Crippen LogP contribution in [-0.4, -0.2) is 4.98 Å². The van der Waals surface area contributed by atoms with Gasteiger partial charge >= 0.3 is 0 Å². The molecule has 1 aromatic rings. The fourth-order valence-electron chi connectivity index (χ4n) is 2.07. The summed E-state index contributed by atoms with van der Waals surface area (Å²) in [5.41, 5.74) is 8.68. The highest BCUT2D eigenvalue weighted by Gasteiger charge is 2.60. The van der Waals surface area contributed by atoms with Gasteiger partial charge in [0.15, 0.2) is 0 Å². The van der Waals surface area contributed by atoms with Crippen molar-refractivity contribution in [1.29, 1.82) is 0 Å². The van der Waals surface area contributed by atoms with E-state index >= 15 is 0 Å². The molecule has 1 aromatic heterocycles. The number of rotatable bonds is 1. The van der Waals surface area contributed by atoms with Crippen LogP contribution in [0.15, 0.2) is 18.3 Å². The molecule has 1 saturated carbocycles. The Balaban J connectivity index is 2.44. The first-order valence-electron chi connectivity index (χ1n) is 4.68. The molecule has 1 aliphatic carbocycles. The number of aryl methyl sites for hydroxylation is 1. The standard InChI is InChI=1S/C11H16N2/c1-8-9(5-4-6-13-8)11(12)7-10(11,2)3/h4-6H,7,12H2,1-3H3. The molecule has 1 atom stereocenters. The van der Waals surface area contributed by atoms with E-state index in [1.54, 1.807) is 0 Å². The Hall–Kier alpha value is -0.890. The lowest BCUT2D eigenvalue weighted by molar-refractivity contribution is 0.506. The van der Waals surface area contributed by atoms with Gasteiger partial charge < -0.3 is 5.73 Å². The molecule has 2 N–H and O–H groups in total. The van der Waals surface area contributed by atoms with Crippen LogP contribution in [0.3, 0.4) is 0 Å². The molecule has 2 heteroatoms. The van der Waals surface area contributed by atoms with Crippen molar-refractivity contribution in [3.05, 3.63) is 29.6 Å². The summed E-state index contributed by atoms with van der Waals surface area (Å²) in [6.45, 7) is 6.44. The summed E-state index contributed by atoms with van der Waals surface area (Å²) < 4.78 is 0. The van der Waals surface area contributed by atoms with Gasteiger partial charge in [-0.3, -0.25) is 4.98 Å². The fraction of sp³-hybridized carbons (Fsp3) is 0.545. The van der Waals surface area contributed by atoms with Gasteiger partial charge in [0.25, 0.3) is 0 Å². The number of hydrogen-bond acceptors (Lipinski definition) is 2. The van der Waals surface area contributed by atoms with E-state index in [1.165, 1.54) is 5.56 Å². The Bertz CT molecular complexity index is 344. The number of pyridine rings is 1. The van der Waals surface area contributed by atoms with Crippen LogP contribution in [0.1, 0.15) is 31.5 Å². The van der Waals surface area contributed by atoms with Crippen molar-refractivity contribution in [2.75, 3.05) is 0 Å². The zero-order valence-electron chi connectivity index (χ0n) is 8.46. The summed E-state index contributed by atoms with van der Waals surface area (Å²) in [6.07, 6.45) is 2.88. The lowest BCUT2D eigenvalue weighted by atomic mass is 9.96. The smallest absolute Gasteiger partial charge is 0.0486 e. The van der Waals surface area contributed by atoms with Gasteiger partial charge in [0.05, 0.1) is 0 Å². The minimum atomic E-state index is -0.134. The van der Waals surface area contributed by atoms with Crippen molar-refractivity contribution >= 4 is 0 Å². The third kappa shape index (κ3) is 1.09. The first-order chi connectivity index (χ1) is 5.97. The van der Waals surface area contributed by atoms with E-state index in [4.69, 9.17) is 5.73 Å². The molecule has 1 fully saturated rings. The first-order valence-corrected chi connectivity index (χ1v) is 4.68. The molecule has 1 heterocycles. The maximum absolute atomic E-state index is 6.31. The van der Waals surface area contributed by atoms with Crippen molar-refractivity contribution < 1.29 is 0 Å². The number of hydrogen-bond donors (Lipinski definition) is 1. The first kappa shape index (κ1) is 8.70. The van der Waals surface area contributed by atoms with Gasteiger partial charge in [-0.25, -0.2) is 0 Å². The van der Waals surface area contributed by atoms with Crippen LogP contribution in [0.2, 0.25) is 0 Å². The Morgan fingerprint density at radius 3 is 2.54 bits per heavy atom. The highest BCUT2D eigenvalue weighted by molar-refractivity contribution is 5.37. The molecule has 0 aromatic carbocycles. The topological polar surface area (TPSA) is 38.9 Å². The molecule has 2 nitrogen and oxygen atoms in total. The Kier molecular flexibility index (Phi) is 1.55. The van der Waals surface area contributed by atoms with Crippen molar-refractivity contribution in [2.45, 2.75) is 32.7 Å². The summed E-state index contributed by atoms with van der Waals surface area (Å²) in [5, 5.41) is 0. The monoisotopic (exact) mass is 176 g/mol. The second-order valence-electron chi connectivity index (χ2n) is 4.67. The van der Waals surface area contributed by atoms with E-state index < -0.39 is 0 Å². The van der Waals surface area contributed by atoms with Crippen molar-refractivity contribution in [3.8, 4) is 0 Å². The fourth-order valence-corrected chi connectivity index (χ4v) is 2.07. The zero-order valence-corrected chi connectivity index (χ0v) is 8.46. The second kappa shape index (κ2) is 2.32. The molecule has 0 amide bonds. The molecule has 1 unspecified atom stereocenters. The van der Waals surface area contributed by atoms with Gasteiger partial charge in [-0.2, -0.15) is 0 Å². The maximum atomic E-state index is 6.31. The van der Waals surface area contributed by atoms with Gasteiger partial charge in [0.1, 0.15) is 0 Å². The second-order valence-corrected chi connectivity index (χ2v) is 4.67. The Labute approximate surface area is 79.2 Å². The van der Waals surface area contributed by atoms with Crippen molar-refractivity contribution in [2.24, 2.45) is 11.1 Å². The molecule has 13 heavy (non-hydrogen) atoms. The summed E-state index contributed by atoms with van der Waals surface area (Å²) >= 11 is 0. The van der Waals surface area contributed by atoms with E-state index in [-0.39, 0.29) is 11.0 Å². The van der Waals surface area contributed by atoms with Crippen LogP contribution >= 0.6 is 0 Å². The van der Waals surface area contributed by atoms with Crippen LogP contribution in [0.5, 0.6) is 0 Å². The van der Waals surface area contributed by atoms with Crippen LogP contribution in [0, 0.1) is 12.3 Å². The number of nitrogens with zero attached hydrogens (tertiary/aromatic N) is 1. The summed E-state index contributed by atoms with van der Waals surface area (Å²) in [5.74, 6) is 0. The summed E-state index contributed by atoms with van der Waals surface area (Å²) in [4.78, 5) is 4.27. The average molecular weight is 176 g/mol. The molecular weight excluding hydrogens is 160 g/mol. The summed E-state index contributed by atoms with van der Waals surface area (Å²) in [7, 11) is 0. The Morgan fingerprint density at radius 1 is 1.46 bits per heavy atom. The van der Waals surface area contributed by atoms with Gasteiger partial charge in [-0.05, 0) is 30.4 Å². The molecule has 0 aliphatic heterocycles. The van der Waals surface area contributed by atoms with Crippen molar-refractivity contribution in [3.63, 3.8) is 0 Å². The molecule has 0 saturated heterocycles. The third-order valence-corrected chi connectivity index (χ3v) is 3.29. The molecule has 0 bridgehead atoms.